The van der Waals surface area contributed by atoms with E-state index in [-0.39, 0.29) is 22.3 Å². The molecule has 0 fully saturated rings. The van der Waals surface area contributed by atoms with E-state index < -0.39 is 23.5 Å². The van der Waals surface area contributed by atoms with Crippen molar-refractivity contribution < 1.29 is 26.3 Å². The van der Waals surface area contributed by atoms with Gasteiger partial charge in [0.25, 0.3) is 0 Å². The molecule has 0 radical (unpaired) electrons. The molecule has 0 nitrogen and oxygen atoms in total. The van der Waals surface area contributed by atoms with Gasteiger partial charge >= 0.3 is 12.4 Å². The Morgan fingerprint density at radius 1 is 0.536 bits per heavy atom. The van der Waals surface area contributed by atoms with Gasteiger partial charge in [-0.2, -0.15) is 26.3 Å². The molecule has 0 aliphatic carbocycles. The lowest BCUT2D eigenvalue weighted by atomic mass is 9.89. The van der Waals surface area contributed by atoms with Crippen LogP contribution in [-0.2, 0) is 12.4 Å². The molecule has 0 bridgehead atoms. The summed E-state index contributed by atoms with van der Waals surface area (Å²) < 4.78 is 80.3. The molecule has 0 atom stereocenters. The van der Waals surface area contributed by atoms with Gasteiger partial charge in [-0.3, -0.25) is 0 Å². The smallest absolute Gasteiger partial charge is 0.166 e. The van der Waals surface area contributed by atoms with Gasteiger partial charge in [0, 0.05) is 0 Å². The van der Waals surface area contributed by atoms with Crippen LogP contribution in [0.25, 0.3) is 22.3 Å². The van der Waals surface area contributed by atoms with E-state index in [0.29, 0.717) is 11.1 Å². The number of aryl methyl sites for hydroxylation is 2. The van der Waals surface area contributed by atoms with Crippen molar-refractivity contribution in [3.05, 3.63) is 82.9 Å². The first-order chi connectivity index (χ1) is 13.0. The van der Waals surface area contributed by atoms with Crippen LogP contribution in [0.15, 0.2) is 60.7 Å². The average molecular weight is 394 g/mol. The molecule has 0 amide bonds. The summed E-state index contributed by atoms with van der Waals surface area (Å²) >= 11 is 0. The van der Waals surface area contributed by atoms with E-state index in [1.54, 1.807) is 30.3 Å². The predicted octanol–water partition coefficient (Wildman–Crippen LogP) is 7.68. The van der Waals surface area contributed by atoms with Crippen LogP contribution in [0.1, 0.15) is 22.3 Å². The third-order valence-corrected chi connectivity index (χ3v) is 4.61. The quantitative estimate of drug-likeness (QED) is 0.391. The molecule has 0 heterocycles. The van der Waals surface area contributed by atoms with Crippen LogP contribution in [0.2, 0.25) is 0 Å². The number of hydrogen-bond donors (Lipinski definition) is 0. The Kier molecular flexibility index (Phi) is 5.00. The molecule has 6 heteroatoms. The average Bonchev–Trinajstić information content (AvgIpc) is 2.61. The van der Waals surface area contributed by atoms with Gasteiger partial charge in [0.2, 0.25) is 0 Å². The van der Waals surface area contributed by atoms with Crippen molar-refractivity contribution in [3.63, 3.8) is 0 Å². The highest BCUT2D eigenvalue weighted by Crippen LogP contribution is 2.42. The van der Waals surface area contributed by atoms with E-state index in [9.17, 15) is 26.3 Å². The fourth-order valence-electron chi connectivity index (χ4n) is 3.20. The molecule has 0 unspecified atom stereocenters. The maximum atomic E-state index is 13.4. The standard InChI is InChI=1S/C22H16F6/c1-13-8-9-16(11-19(13)21(23,24)25)18-12-20(22(26,27)28)14(2)10-17(18)15-6-4-3-5-7-15/h3-12H,1-2H3. The first-order valence-corrected chi connectivity index (χ1v) is 8.44. The Hall–Kier alpha value is -2.76. The Labute approximate surface area is 158 Å². The zero-order valence-electron chi connectivity index (χ0n) is 15.0. The second kappa shape index (κ2) is 7.00. The van der Waals surface area contributed by atoms with Gasteiger partial charge < -0.3 is 0 Å². The van der Waals surface area contributed by atoms with Crippen LogP contribution in [0, 0.1) is 13.8 Å². The molecule has 0 aliphatic heterocycles. The first kappa shape index (κ1) is 20.0. The molecule has 0 N–H and O–H groups in total. The van der Waals surface area contributed by atoms with Crippen molar-refractivity contribution in [2.75, 3.05) is 0 Å². The monoisotopic (exact) mass is 394 g/mol. The molecule has 28 heavy (non-hydrogen) atoms. The molecule has 0 aromatic heterocycles. The van der Waals surface area contributed by atoms with Crippen LogP contribution >= 0.6 is 0 Å². The van der Waals surface area contributed by atoms with Gasteiger partial charge in [-0.25, -0.2) is 0 Å². The van der Waals surface area contributed by atoms with Crippen LogP contribution in [0.4, 0.5) is 26.3 Å². The molecule has 146 valence electrons. The largest absolute Gasteiger partial charge is 0.416 e. The molecular weight excluding hydrogens is 378 g/mol. The second-order valence-corrected chi connectivity index (χ2v) is 6.60. The summed E-state index contributed by atoms with van der Waals surface area (Å²) in [5.74, 6) is 0. The lowest BCUT2D eigenvalue weighted by molar-refractivity contribution is -0.138. The highest BCUT2D eigenvalue weighted by molar-refractivity contribution is 5.85. The molecule has 0 spiro atoms. The number of alkyl halides is 6. The molecule has 3 aromatic carbocycles. The Bertz CT molecular complexity index is 998. The highest BCUT2D eigenvalue weighted by Gasteiger charge is 2.35. The van der Waals surface area contributed by atoms with Crippen LogP contribution in [0.3, 0.4) is 0 Å². The third-order valence-electron chi connectivity index (χ3n) is 4.61. The minimum absolute atomic E-state index is 0.0123. The number of benzene rings is 3. The number of rotatable bonds is 2. The Morgan fingerprint density at radius 3 is 1.64 bits per heavy atom. The normalized spacial score (nSPS) is 12.3. The van der Waals surface area contributed by atoms with Crippen molar-refractivity contribution in [2.45, 2.75) is 26.2 Å². The summed E-state index contributed by atoms with van der Waals surface area (Å²) in [6.45, 7) is 2.66. The Balaban J connectivity index is 2.33. The first-order valence-electron chi connectivity index (χ1n) is 8.44. The fourth-order valence-corrected chi connectivity index (χ4v) is 3.20. The van der Waals surface area contributed by atoms with Gasteiger partial charge in [-0.15, -0.1) is 0 Å². The predicted molar refractivity (Wildman–Crippen MR) is 96.8 cm³/mol. The third kappa shape index (κ3) is 3.91. The van der Waals surface area contributed by atoms with Gasteiger partial charge in [0.05, 0.1) is 11.1 Å². The summed E-state index contributed by atoms with van der Waals surface area (Å²) in [4.78, 5) is 0. The summed E-state index contributed by atoms with van der Waals surface area (Å²) in [5.41, 5.74) is -0.433. The van der Waals surface area contributed by atoms with E-state index in [1.807, 2.05) is 0 Å². The lowest BCUT2D eigenvalue weighted by Crippen LogP contribution is -2.09. The van der Waals surface area contributed by atoms with Crippen molar-refractivity contribution >= 4 is 0 Å². The van der Waals surface area contributed by atoms with Crippen LogP contribution in [0.5, 0.6) is 0 Å². The van der Waals surface area contributed by atoms with E-state index in [2.05, 4.69) is 0 Å². The van der Waals surface area contributed by atoms with Gasteiger partial charge in [0.15, 0.2) is 0 Å². The number of hydrogen-bond acceptors (Lipinski definition) is 0. The molecular formula is C22H16F6. The zero-order chi connectivity index (χ0) is 20.7. The molecule has 3 aromatic rings. The molecule has 0 saturated heterocycles. The van der Waals surface area contributed by atoms with Crippen molar-refractivity contribution in [3.8, 4) is 22.3 Å². The van der Waals surface area contributed by atoms with Gasteiger partial charge in [0.1, 0.15) is 0 Å². The van der Waals surface area contributed by atoms with Crippen LogP contribution in [-0.4, -0.2) is 0 Å². The summed E-state index contributed by atoms with van der Waals surface area (Å²) in [6.07, 6.45) is -9.20. The SMILES string of the molecule is Cc1ccc(-c2cc(C(F)(F)F)c(C)cc2-c2ccccc2)cc1C(F)(F)F. The van der Waals surface area contributed by atoms with E-state index in [1.165, 1.54) is 32.0 Å². The lowest BCUT2D eigenvalue weighted by Gasteiger charge is -2.18. The van der Waals surface area contributed by atoms with Crippen molar-refractivity contribution in [2.24, 2.45) is 0 Å². The zero-order valence-corrected chi connectivity index (χ0v) is 15.0. The van der Waals surface area contributed by atoms with Crippen LogP contribution < -0.4 is 0 Å². The summed E-state index contributed by atoms with van der Waals surface area (Å²) in [7, 11) is 0. The molecule has 0 aliphatic rings. The topological polar surface area (TPSA) is 0 Å². The summed E-state index contributed by atoms with van der Waals surface area (Å²) in [5, 5.41) is 0. The maximum absolute atomic E-state index is 13.4. The van der Waals surface area contributed by atoms with Gasteiger partial charge in [-0.1, -0.05) is 48.5 Å². The maximum Gasteiger partial charge on any atom is 0.416 e. The van der Waals surface area contributed by atoms with E-state index >= 15 is 0 Å². The van der Waals surface area contributed by atoms with Gasteiger partial charge in [-0.05, 0) is 59.4 Å². The Morgan fingerprint density at radius 2 is 1.07 bits per heavy atom. The minimum Gasteiger partial charge on any atom is -0.166 e. The van der Waals surface area contributed by atoms with Crippen molar-refractivity contribution in [1.29, 1.82) is 0 Å². The fraction of sp³-hybridized carbons (Fsp3) is 0.182. The molecule has 0 saturated carbocycles. The minimum atomic E-state index is -4.61. The number of halogens is 6. The highest BCUT2D eigenvalue weighted by atomic mass is 19.4. The second-order valence-electron chi connectivity index (χ2n) is 6.60. The van der Waals surface area contributed by atoms with E-state index in [4.69, 9.17) is 0 Å². The summed E-state index contributed by atoms with van der Waals surface area (Å²) in [6, 6.07) is 14.5. The molecule has 3 rings (SSSR count). The van der Waals surface area contributed by atoms with Crippen molar-refractivity contribution in [1.82, 2.24) is 0 Å². The van der Waals surface area contributed by atoms with E-state index in [0.717, 1.165) is 12.1 Å².